The lowest BCUT2D eigenvalue weighted by molar-refractivity contribution is 0.615. The Kier molecular flexibility index (Phi) is 3.91. The number of pyridine rings is 1. The quantitative estimate of drug-likeness (QED) is 0.801. The first kappa shape index (κ1) is 13.0. The maximum absolute atomic E-state index is 13.1. The van der Waals surface area contributed by atoms with Crippen molar-refractivity contribution in [2.45, 2.75) is 32.6 Å². The highest BCUT2D eigenvalue weighted by Gasteiger charge is 2.14. The van der Waals surface area contributed by atoms with Crippen molar-refractivity contribution < 1.29 is 4.39 Å². The Bertz CT molecular complexity index is 553. The molecule has 0 bridgehead atoms. The van der Waals surface area contributed by atoms with Crippen LogP contribution in [0, 0.1) is 5.82 Å². The summed E-state index contributed by atoms with van der Waals surface area (Å²) in [4.78, 5) is 8.47. The average Bonchev–Trinajstić information content (AvgIpc) is 2.81. The molecule has 0 saturated carbocycles. The largest absolute Gasteiger partial charge is 0.234 e. The predicted molar refractivity (Wildman–Crippen MR) is 67.4 cm³/mol. The number of aryl methyl sites for hydroxylation is 2. The summed E-state index contributed by atoms with van der Waals surface area (Å²) in [5.41, 5.74) is 0.610. The summed E-state index contributed by atoms with van der Waals surface area (Å²) in [5, 5.41) is 4.37. The van der Waals surface area contributed by atoms with Gasteiger partial charge in [-0.25, -0.2) is 14.4 Å². The van der Waals surface area contributed by atoms with Crippen molar-refractivity contribution in [3.05, 3.63) is 35.3 Å². The topological polar surface area (TPSA) is 43.6 Å². The van der Waals surface area contributed by atoms with Crippen molar-refractivity contribution in [1.82, 2.24) is 19.7 Å². The second-order valence-electron chi connectivity index (χ2n) is 3.83. The lowest BCUT2D eigenvalue weighted by atomic mass is 10.3. The van der Waals surface area contributed by atoms with Gasteiger partial charge in [0.15, 0.2) is 11.6 Å². The molecule has 2 heterocycles. The van der Waals surface area contributed by atoms with Gasteiger partial charge >= 0.3 is 0 Å². The molecule has 2 aromatic heterocycles. The normalized spacial score (nSPS) is 10.9. The van der Waals surface area contributed by atoms with E-state index in [1.807, 2.05) is 13.8 Å². The zero-order chi connectivity index (χ0) is 13.1. The van der Waals surface area contributed by atoms with Gasteiger partial charge in [-0.2, -0.15) is 4.68 Å². The molecule has 0 aliphatic heterocycles. The Morgan fingerprint density at radius 2 is 2.11 bits per heavy atom. The minimum absolute atomic E-state index is 0.185. The maximum Gasteiger partial charge on any atom is 0.160 e. The molecule has 0 aliphatic carbocycles. The van der Waals surface area contributed by atoms with E-state index in [-0.39, 0.29) is 5.88 Å². The summed E-state index contributed by atoms with van der Waals surface area (Å²) in [6.45, 7) is 3.98. The van der Waals surface area contributed by atoms with E-state index in [2.05, 4.69) is 15.1 Å². The van der Waals surface area contributed by atoms with Crippen LogP contribution in [0.4, 0.5) is 4.39 Å². The molecule has 0 N–H and O–H groups in total. The highest BCUT2D eigenvalue weighted by Crippen LogP contribution is 2.17. The van der Waals surface area contributed by atoms with Gasteiger partial charge in [-0.1, -0.05) is 13.8 Å². The summed E-state index contributed by atoms with van der Waals surface area (Å²) in [7, 11) is 0. The molecule has 0 unspecified atom stereocenters. The van der Waals surface area contributed by atoms with Gasteiger partial charge in [0.1, 0.15) is 11.6 Å². The first-order valence-corrected chi connectivity index (χ1v) is 6.38. The van der Waals surface area contributed by atoms with Crippen molar-refractivity contribution in [2.75, 3.05) is 0 Å². The van der Waals surface area contributed by atoms with Crippen molar-refractivity contribution >= 4 is 11.6 Å². The van der Waals surface area contributed by atoms with Crippen LogP contribution in [0.25, 0.3) is 5.82 Å². The Hall–Kier alpha value is -1.49. The fourth-order valence-electron chi connectivity index (χ4n) is 1.70. The molecular formula is C12H14ClFN4. The third-order valence-corrected chi connectivity index (χ3v) is 2.89. The fourth-order valence-corrected chi connectivity index (χ4v) is 1.90. The Labute approximate surface area is 110 Å². The van der Waals surface area contributed by atoms with Crippen molar-refractivity contribution in [1.29, 1.82) is 0 Å². The van der Waals surface area contributed by atoms with Crippen LogP contribution in [0.1, 0.15) is 31.1 Å². The predicted octanol–water partition coefficient (Wildman–Crippen LogP) is 2.67. The summed E-state index contributed by atoms with van der Waals surface area (Å²) in [5.74, 6) is 1.89. The standard InChI is InChI=1S/C12H14ClFN4/c1-3-10-16-11(4-2)18(17-10)12-8(6-13)5-9(14)7-15-12/h5,7H,3-4,6H2,1-2H3. The molecule has 96 valence electrons. The zero-order valence-corrected chi connectivity index (χ0v) is 11.1. The van der Waals surface area contributed by atoms with Gasteiger partial charge in [-0.05, 0) is 6.07 Å². The van der Waals surface area contributed by atoms with Gasteiger partial charge in [-0.15, -0.1) is 16.7 Å². The van der Waals surface area contributed by atoms with Crippen LogP contribution in [0.5, 0.6) is 0 Å². The highest BCUT2D eigenvalue weighted by molar-refractivity contribution is 6.17. The average molecular weight is 269 g/mol. The van der Waals surface area contributed by atoms with E-state index >= 15 is 0 Å². The van der Waals surface area contributed by atoms with E-state index in [4.69, 9.17) is 11.6 Å². The fraction of sp³-hybridized carbons (Fsp3) is 0.417. The molecule has 0 aliphatic rings. The number of rotatable bonds is 4. The molecule has 6 heteroatoms. The van der Waals surface area contributed by atoms with Gasteiger partial charge in [0, 0.05) is 18.4 Å². The smallest absolute Gasteiger partial charge is 0.160 e. The summed E-state index contributed by atoms with van der Waals surface area (Å²) in [6, 6.07) is 1.38. The Balaban J connectivity index is 2.56. The van der Waals surface area contributed by atoms with Gasteiger partial charge in [-0.3, -0.25) is 0 Å². The molecule has 0 spiro atoms. The second-order valence-corrected chi connectivity index (χ2v) is 4.10. The number of hydrogen-bond acceptors (Lipinski definition) is 3. The molecule has 18 heavy (non-hydrogen) atoms. The lowest BCUT2D eigenvalue weighted by Crippen LogP contribution is -2.08. The van der Waals surface area contributed by atoms with Crippen molar-refractivity contribution in [3.8, 4) is 5.82 Å². The van der Waals surface area contributed by atoms with Gasteiger partial charge in [0.2, 0.25) is 0 Å². The summed E-state index contributed by atoms with van der Waals surface area (Å²) >= 11 is 5.82. The maximum atomic E-state index is 13.1. The number of nitrogens with zero attached hydrogens (tertiary/aromatic N) is 4. The molecule has 2 aromatic rings. The lowest BCUT2D eigenvalue weighted by Gasteiger charge is -2.07. The minimum atomic E-state index is -0.400. The highest BCUT2D eigenvalue weighted by atomic mass is 35.5. The van der Waals surface area contributed by atoms with Gasteiger partial charge in [0.25, 0.3) is 0 Å². The van der Waals surface area contributed by atoms with Gasteiger partial charge < -0.3 is 0 Å². The molecule has 4 nitrogen and oxygen atoms in total. The van der Waals surface area contributed by atoms with E-state index in [1.54, 1.807) is 4.68 Å². The first-order valence-electron chi connectivity index (χ1n) is 5.85. The van der Waals surface area contributed by atoms with E-state index in [0.717, 1.165) is 30.7 Å². The molecule has 0 amide bonds. The van der Waals surface area contributed by atoms with Crippen LogP contribution in [0.15, 0.2) is 12.3 Å². The number of alkyl halides is 1. The molecule has 0 saturated heterocycles. The van der Waals surface area contributed by atoms with Crippen LogP contribution in [-0.4, -0.2) is 19.7 Å². The third-order valence-electron chi connectivity index (χ3n) is 2.60. The molecule has 0 atom stereocenters. The minimum Gasteiger partial charge on any atom is -0.234 e. The first-order chi connectivity index (χ1) is 8.69. The molecule has 0 aromatic carbocycles. The van der Waals surface area contributed by atoms with E-state index < -0.39 is 5.82 Å². The number of halogens is 2. The number of aromatic nitrogens is 4. The van der Waals surface area contributed by atoms with Crippen molar-refractivity contribution in [3.63, 3.8) is 0 Å². The Morgan fingerprint density at radius 1 is 1.33 bits per heavy atom. The van der Waals surface area contributed by atoms with Gasteiger partial charge in [0.05, 0.1) is 12.1 Å². The molecule has 2 rings (SSSR count). The zero-order valence-electron chi connectivity index (χ0n) is 10.3. The van der Waals surface area contributed by atoms with E-state index in [9.17, 15) is 4.39 Å². The van der Waals surface area contributed by atoms with Crippen LogP contribution >= 0.6 is 11.6 Å². The van der Waals surface area contributed by atoms with E-state index in [0.29, 0.717) is 11.4 Å². The molecule has 0 radical (unpaired) electrons. The van der Waals surface area contributed by atoms with E-state index in [1.165, 1.54) is 6.07 Å². The summed E-state index contributed by atoms with van der Waals surface area (Å²) in [6.07, 6.45) is 2.64. The van der Waals surface area contributed by atoms with Crippen LogP contribution < -0.4 is 0 Å². The van der Waals surface area contributed by atoms with Crippen LogP contribution in [0.3, 0.4) is 0 Å². The summed E-state index contributed by atoms with van der Waals surface area (Å²) < 4.78 is 14.8. The molecular weight excluding hydrogens is 255 g/mol. The monoisotopic (exact) mass is 268 g/mol. The third kappa shape index (κ3) is 2.36. The van der Waals surface area contributed by atoms with Crippen molar-refractivity contribution in [2.24, 2.45) is 0 Å². The van der Waals surface area contributed by atoms with Crippen LogP contribution in [0.2, 0.25) is 0 Å². The second kappa shape index (κ2) is 5.44. The number of hydrogen-bond donors (Lipinski definition) is 0. The van der Waals surface area contributed by atoms with Crippen LogP contribution in [-0.2, 0) is 18.7 Å². The Morgan fingerprint density at radius 3 is 2.72 bits per heavy atom. The molecule has 0 fully saturated rings. The SMILES string of the molecule is CCc1nc(CC)n(-c2ncc(F)cc2CCl)n1.